The minimum atomic E-state index is -0.233. The number of fused-ring (bicyclic) bond motifs is 1. The van der Waals surface area contributed by atoms with Crippen molar-refractivity contribution in [2.45, 2.75) is 13.2 Å². The van der Waals surface area contributed by atoms with E-state index >= 15 is 0 Å². The summed E-state index contributed by atoms with van der Waals surface area (Å²) in [6.45, 7) is 0.700. The van der Waals surface area contributed by atoms with Crippen LogP contribution in [0.1, 0.15) is 11.1 Å². The van der Waals surface area contributed by atoms with Crippen molar-refractivity contribution < 1.29 is 9.47 Å². The van der Waals surface area contributed by atoms with Crippen molar-refractivity contribution in [3.8, 4) is 11.5 Å². The molecule has 0 fully saturated rings. The molecule has 0 aliphatic heterocycles. The number of nitrogens with one attached hydrogen (secondary N) is 3. The van der Waals surface area contributed by atoms with Gasteiger partial charge in [-0.25, -0.2) is 4.79 Å². The Morgan fingerprint density at radius 1 is 0.967 bits per heavy atom. The van der Waals surface area contributed by atoms with E-state index in [0.29, 0.717) is 33.7 Å². The van der Waals surface area contributed by atoms with E-state index in [-0.39, 0.29) is 12.3 Å². The number of hydrogen-bond donors (Lipinski definition) is 3. The van der Waals surface area contributed by atoms with Crippen LogP contribution in [0, 0.1) is 0 Å². The first-order valence-electron chi connectivity index (χ1n) is 9.22. The number of para-hydroxylation sites is 1. The summed E-state index contributed by atoms with van der Waals surface area (Å²) < 4.78 is 11.6. The van der Waals surface area contributed by atoms with Crippen LogP contribution in [0.15, 0.2) is 59.4 Å². The number of aromatic amines is 2. The zero-order chi connectivity index (χ0) is 21.1. The van der Waals surface area contributed by atoms with Crippen molar-refractivity contribution in [2.75, 3.05) is 12.4 Å². The van der Waals surface area contributed by atoms with Gasteiger partial charge in [-0.15, -0.1) is 0 Å². The molecule has 0 bridgehead atoms. The molecule has 0 amide bonds. The molecule has 30 heavy (non-hydrogen) atoms. The van der Waals surface area contributed by atoms with Crippen LogP contribution in [-0.4, -0.2) is 17.1 Å². The topological polar surface area (TPSA) is 79.1 Å². The van der Waals surface area contributed by atoms with E-state index in [4.69, 9.17) is 32.7 Å². The monoisotopic (exact) mass is 443 g/mol. The minimum Gasteiger partial charge on any atom is -0.493 e. The van der Waals surface area contributed by atoms with E-state index in [1.165, 1.54) is 0 Å². The maximum Gasteiger partial charge on any atom is 0.323 e. The Morgan fingerprint density at radius 2 is 1.70 bits per heavy atom. The summed E-state index contributed by atoms with van der Waals surface area (Å²) in [6, 6.07) is 16.7. The van der Waals surface area contributed by atoms with Gasteiger partial charge in [0, 0.05) is 33.4 Å². The molecule has 0 aliphatic carbocycles. The Hall–Kier alpha value is -3.09. The highest BCUT2D eigenvalue weighted by Crippen LogP contribution is 2.34. The molecule has 0 aliphatic rings. The molecule has 8 heteroatoms. The Bertz CT molecular complexity index is 1230. The fourth-order valence-corrected chi connectivity index (χ4v) is 3.69. The first kappa shape index (κ1) is 20.2. The highest BCUT2D eigenvalue weighted by Gasteiger charge is 2.13. The smallest absolute Gasteiger partial charge is 0.323 e. The van der Waals surface area contributed by atoms with Crippen molar-refractivity contribution in [3.05, 3.63) is 86.3 Å². The molecule has 0 unspecified atom stereocenters. The molecule has 3 N–H and O–H groups in total. The Morgan fingerprint density at radius 3 is 2.47 bits per heavy atom. The predicted octanol–water partition coefficient (Wildman–Crippen LogP) is 5.36. The Balaban J connectivity index is 1.56. The van der Waals surface area contributed by atoms with Gasteiger partial charge < -0.3 is 24.8 Å². The zero-order valence-corrected chi connectivity index (χ0v) is 17.6. The number of benzene rings is 3. The van der Waals surface area contributed by atoms with Gasteiger partial charge >= 0.3 is 5.69 Å². The highest BCUT2D eigenvalue weighted by atomic mass is 35.5. The van der Waals surface area contributed by atoms with Gasteiger partial charge in [-0.3, -0.25) is 0 Å². The summed E-state index contributed by atoms with van der Waals surface area (Å²) in [5.41, 5.74) is 3.74. The lowest BCUT2D eigenvalue weighted by Gasteiger charge is -2.17. The predicted molar refractivity (Wildman–Crippen MR) is 120 cm³/mol. The molecule has 3 aromatic carbocycles. The summed E-state index contributed by atoms with van der Waals surface area (Å²) >= 11 is 12.5. The largest absolute Gasteiger partial charge is 0.493 e. The SMILES string of the molecule is COc1cccc(CNc2ccc3[nH]c(=O)[nH]c3c2)c1OCc1c(Cl)cccc1Cl. The van der Waals surface area contributed by atoms with Crippen molar-refractivity contribution in [2.24, 2.45) is 0 Å². The molecule has 0 atom stereocenters. The van der Waals surface area contributed by atoms with E-state index in [1.807, 2.05) is 36.4 Å². The first-order chi connectivity index (χ1) is 14.5. The van der Waals surface area contributed by atoms with Crippen LogP contribution in [0.3, 0.4) is 0 Å². The number of rotatable bonds is 7. The number of hydrogen-bond acceptors (Lipinski definition) is 4. The Kier molecular flexibility index (Phi) is 5.88. The fraction of sp³-hybridized carbons (Fsp3) is 0.136. The number of anilines is 1. The molecule has 4 rings (SSSR count). The van der Waals surface area contributed by atoms with Crippen LogP contribution in [0.4, 0.5) is 5.69 Å². The van der Waals surface area contributed by atoms with Gasteiger partial charge in [-0.05, 0) is 36.4 Å². The number of halogens is 2. The van der Waals surface area contributed by atoms with Crippen LogP contribution in [-0.2, 0) is 13.2 Å². The summed E-state index contributed by atoms with van der Waals surface area (Å²) in [4.78, 5) is 16.9. The van der Waals surface area contributed by atoms with Gasteiger partial charge in [0.25, 0.3) is 0 Å². The van der Waals surface area contributed by atoms with E-state index in [1.54, 1.807) is 25.3 Å². The summed E-state index contributed by atoms with van der Waals surface area (Å²) in [5.74, 6) is 1.22. The molecule has 4 aromatic rings. The minimum absolute atomic E-state index is 0.211. The molecule has 0 spiro atoms. The maximum absolute atomic E-state index is 11.5. The second kappa shape index (κ2) is 8.73. The number of ether oxygens (including phenoxy) is 2. The van der Waals surface area contributed by atoms with Crippen LogP contribution < -0.4 is 20.5 Å². The number of methoxy groups -OCH3 is 1. The molecule has 154 valence electrons. The summed E-state index contributed by atoms with van der Waals surface area (Å²) in [5, 5.41) is 4.45. The van der Waals surface area contributed by atoms with E-state index in [2.05, 4.69) is 15.3 Å². The van der Waals surface area contributed by atoms with Gasteiger partial charge in [0.05, 0.1) is 18.1 Å². The molecular weight excluding hydrogens is 425 g/mol. The van der Waals surface area contributed by atoms with E-state index < -0.39 is 0 Å². The van der Waals surface area contributed by atoms with Crippen LogP contribution in [0.5, 0.6) is 11.5 Å². The lowest BCUT2D eigenvalue weighted by molar-refractivity contribution is 0.282. The second-order valence-corrected chi connectivity index (χ2v) is 7.44. The molecule has 1 heterocycles. The fourth-order valence-electron chi connectivity index (χ4n) is 3.18. The van der Waals surface area contributed by atoms with Crippen molar-refractivity contribution in [1.82, 2.24) is 9.97 Å². The van der Waals surface area contributed by atoms with Gasteiger partial charge in [-0.2, -0.15) is 0 Å². The first-order valence-corrected chi connectivity index (χ1v) is 9.98. The molecule has 0 radical (unpaired) electrons. The third kappa shape index (κ3) is 4.25. The number of imidazole rings is 1. The van der Waals surface area contributed by atoms with E-state index in [0.717, 1.165) is 22.3 Å². The van der Waals surface area contributed by atoms with Gasteiger partial charge in [0.2, 0.25) is 0 Å². The second-order valence-electron chi connectivity index (χ2n) is 6.63. The molecular formula is C22H19Cl2N3O3. The lowest BCUT2D eigenvalue weighted by atomic mass is 10.1. The van der Waals surface area contributed by atoms with Gasteiger partial charge in [0.15, 0.2) is 11.5 Å². The third-order valence-corrected chi connectivity index (χ3v) is 5.41. The molecule has 0 saturated carbocycles. The van der Waals surface area contributed by atoms with Crippen LogP contribution >= 0.6 is 23.2 Å². The van der Waals surface area contributed by atoms with Crippen molar-refractivity contribution >= 4 is 39.9 Å². The van der Waals surface area contributed by atoms with Crippen LogP contribution in [0.2, 0.25) is 10.0 Å². The lowest BCUT2D eigenvalue weighted by Crippen LogP contribution is -2.06. The van der Waals surface area contributed by atoms with Crippen molar-refractivity contribution in [3.63, 3.8) is 0 Å². The highest BCUT2D eigenvalue weighted by molar-refractivity contribution is 6.35. The standard InChI is InChI=1S/C22H19Cl2N3O3/c1-29-20-7-2-4-13(21(20)30-12-15-16(23)5-3-6-17(15)24)11-25-14-8-9-18-19(10-14)27-22(28)26-18/h2-10,25H,11-12H2,1H3,(H2,26,27,28). The normalized spacial score (nSPS) is 10.9. The van der Waals surface area contributed by atoms with Crippen molar-refractivity contribution in [1.29, 1.82) is 0 Å². The Labute approximate surface area is 182 Å². The maximum atomic E-state index is 11.5. The molecule has 6 nitrogen and oxygen atoms in total. The number of H-pyrrole nitrogens is 2. The van der Waals surface area contributed by atoms with Crippen LogP contribution in [0.25, 0.3) is 11.0 Å². The molecule has 0 saturated heterocycles. The number of aromatic nitrogens is 2. The quantitative estimate of drug-likeness (QED) is 0.359. The van der Waals surface area contributed by atoms with Gasteiger partial charge in [0.1, 0.15) is 6.61 Å². The molecule has 1 aromatic heterocycles. The van der Waals surface area contributed by atoms with Gasteiger partial charge in [-0.1, -0.05) is 41.4 Å². The van der Waals surface area contributed by atoms with E-state index in [9.17, 15) is 4.79 Å². The summed E-state index contributed by atoms with van der Waals surface area (Å²) in [6.07, 6.45) is 0. The third-order valence-electron chi connectivity index (χ3n) is 4.70. The summed E-state index contributed by atoms with van der Waals surface area (Å²) in [7, 11) is 1.60. The average Bonchev–Trinajstić information content (AvgIpc) is 3.11. The zero-order valence-electron chi connectivity index (χ0n) is 16.1. The average molecular weight is 444 g/mol.